The fraction of sp³-hybridized carbons (Fsp3) is 0.188. The predicted octanol–water partition coefficient (Wildman–Crippen LogP) is 2.48. The van der Waals surface area contributed by atoms with Gasteiger partial charge >= 0.3 is 0 Å². The van der Waals surface area contributed by atoms with E-state index in [0.717, 1.165) is 17.0 Å². The van der Waals surface area contributed by atoms with Crippen molar-refractivity contribution < 1.29 is 9.53 Å². The molecular weight excluding hydrogens is 252 g/mol. The van der Waals surface area contributed by atoms with Crippen LogP contribution < -0.4 is 15.4 Å². The quantitative estimate of drug-likeness (QED) is 0.868. The predicted molar refractivity (Wildman–Crippen MR) is 81.0 cm³/mol. The molecule has 4 heteroatoms. The lowest BCUT2D eigenvalue weighted by molar-refractivity contribution is -0.117. The molecule has 104 valence electrons. The lowest BCUT2D eigenvalue weighted by atomic mass is 10.1. The van der Waals surface area contributed by atoms with E-state index in [1.54, 1.807) is 31.2 Å². The fourth-order valence-corrected chi connectivity index (χ4v) is 1.92. The molecule has 0 spiro atoms. The largest absolute Gasteiger partial charge is 0.497 e. The van der Waals surface area contributed by atoms with Crippen molar-refractivity contribution in [2.75, 3.05) is 24.8 Å². The third kappa shape index (κ3) is 3.29. The van der Waals surface area contributed by atoms with Crippen molar-refractivity contribution in [2.45, 2.75) is 6.42 Å². The van der Waals surface area contributed by atoms with Crippen molar-refractivity contribution in [3.8, 4) is 5.75 Å². The number of carbonyl (C=O) groups is 1. The third-order valence-electron chi connectivity index (χ3n) is 3.14. The second kappa shape index (κ2) is 6.10. The molecular formula is C16H18N2O2. The highest BCUT2D eigenvalue weighted by molar-refractivity contribution is 5.94. The second-order valence-electron chi connectivity index (χ2n) is 4.57. The van der Waals surface area contributed by atoms with Gasteiger partial charge in [-0.3, -0.25) is 4.79 Å². The van der Waals surface area contributed by atoms with Crippen molar-refractivity contribution in [1.29, 1.82) is 0 Å². The summed E-state index contributed by atoms with van der Waals surface area (Å²) in [7, 11) is 3.37. The van der Waals surface area contributed by atoms with Gasteiger partial charge in [0, 0.05) is 18.4 Å². The number of hydrogen-bond acceptors (Lipinski definition) is 3. The van der Waals surface area contributed by atoms with Gasteiger partial charge in [0.05, 0.1) is 13.5 Å². The maximum Gasteiger partial charge on any atom is 0.231 e. The van der Waals surface area contributed by atoms with Crippen molar-refractivity contribution in [2.24, 2.45) is 0 Å². The summed E-state index contributed by atoms with van der Waals surface area (Å²) in [5, 5.41) is 0. The van der Waals surface area contributed by atoms with Gasteiger partial charge in [0.2, 0.25) is 5.91 Å². The molecule has 0 aromatic heterocycles. The van der Waals surface area contributed by atoms with E-state index < -0.39 is 0 Å². The van der Waals surface area contributed by atoms with Crippen LogP contribution in [-0.2, 0) is 11.2 Å². The maximum atomic E-state index is 12.3. The first-order valence-corrected chi connectivity index (χ1v) is 6.35. The van der Waals surface area contributed by atoms with Gasteiger partial charge in [0.15, 0.2) is 0 Å². The van der Waals surface area contributed by atoms with E-state index in [1.165, 1.54) is 0 Å². The minimum atomic E-state index is 0.0167. The minimum Gasteiger partial charge on any atom is -0.497 e. The van der Waals surface area contributed by atoms with Crippen molar-refractivity contribution in [1.82, 2.24) is 0 Å². The summed E-state index contributed by atoms with van der Waals surface area (Å²) < 4.78 is 5.16. The van der Waals surface area contributed by atoms with Gasteiger partial charge in [0.25, 0.3) is 0 Å². The summed E-state index contributed by atoms with van der Waals surface area (Å²) in [5.41, 5.74) is 8.08. The molecule has 0 radical (unpaired) electrons. The van der Waals surface area contributed by atoms with E-state index in [4.69, 9.17) is 10.5 Å². The SMILES string of the molecule is COc1cccc(CC(=O)N(C)c2ccc(N)cc2)c1. The highest BCUT2D eigenvalue weighted by Gasteiger charge is 2.11. The molecule has 0 aliphatic heterocycles. The Morgan fingerprint density at radius 3 is 2.55 bits per heavy atom. The molecule has 0 heterocycles. The average molecular weight is 270 g/mol. The Hall–Kier alpha value is -2.49. The van der Waals surface area contributed by atoms with Crippen LogP contribution in [0.3, 0.4) is 0 Å². The Labute approximate surface area is 118 Å². The van der Waals surface area contributed by atoms with Crippen molar-refractivity contribution in [3.63, 3.8) is 0 Å². The highest BCUT2D eigenvalue weighted by atomic mass is 16.5. The molecule has 0 aliphatic rings. The van der Waals surface area contributed by atoms with Crippen LogP contribution in [0.15, 0.2) is 48.5 Å². The number of benzene rings is 2. The van der Waals surface area contributed by atoms with Crippen LogP contribution in [0.2, 0.25) is 0 Å². The number of nitrogens with two attached hydrogens (primary N) is 1. The monoisotopic (exact) mass is 270 g/mol. The number of carbonyl (C=O) groups excluding carboxylic acids is 1. The van der Waals surface area contributed by atoms with Crippen LogP contribution in [-0.4, -0.2) is 20.1 Å². The lowest BCUT2D eigenvalue weighted by Crippen LogP contribution is -2.27. The zero-order valence-electron chi connectivity index (χ0n) is 11.7. The number of rotatable bonds is 4. The van der Waals surface area contributed by atoms with Crippen molar-refractivity contribution in [3.05, 3.63) is 54.1 Å². The van der Waals surface area contributed by atoms with E-state index in [2.05, 4.69) is 0 Å². The number of amides is 1. The van der Waals surface area contributed by atoms with E-state index in [0.29, 0.717) is 12.1 Å². The number of nitrogen functional groups attached to an aromatic ring is 1. The van der Waals surface area contributed by atoms with Gasteiger partial charge in [-0.25, -0.2) is 0 Å². The number of nitrogens with zero attached hydrogens (tertiary/aromatic N) is 1. The normalized spacial score (nSPS) is 10.1. The van der Waals surface area contributed by atoms with Gasteiger partial charge in [0.1, 0.15) is 5.75 Å². The maximum absolute atomic E-state index is 12.3. The summed E-state index contributed by atoms with van der Waals surface area (Å²) in [6, 6.07) is 14.8. The molecule has 2 N–H and O–H groups in total. The second-order valence-corrected chi connectivity index (χ2v) is 4.57. The van der Waals surface area contributed by atoms with Crippen LogP contribution in [0.4, 0.5) is 11.4 Å². The molecule has 2 rings (SSSR count). The summed E-state index contributed by atoms with van der Waals surface area (Å²) in [6.07, 6.45) is 0.331. The smallest absolute Gasteiger partial charge is 0.231 e. The van der Waals surface area contributed by atoms with Crippen LogP contribution in [0.5, 0.6) is 5.75 Å². The summed E-state index contributed by atoms with van der Waals surface area (Å²) in [5.74, 6) is 0.772. The molecule has 0 saturated heterocycles. The number of anilines is 2. The van der Waals surface area contributed by atoms with Gasteiger partial charge in [-0.1, -0.05) is 12.1 Å². The molecule has 0 aliphatic carbocycles. The summed E-state index contributed by atoms with van der Waals surface area (Å²) in [6.45, 7) is 0. The minimum absolute atomic E-state index is 0.0167. The first kappa shape index (κ1) is 13.9. The van der Waals surface area contributed by atoms with Gasteiger partial charge < -0.3 is 15.4 Å². The van der Waals surface area contributed by atoms with E-state index in [9.17, 15) is 4.79 Å². The van der Waals surface area contributed by atoms with Crippen LogP contribution in [0, 0.1) is 0 Å². The number of ether oxygens (including phenoxy) is 1. The molecule has 2 aromatic rings. The van der Waals surface area contributed by atoms with Crippen LogP contribution in [0.1, 0.15) is 5.56 Å². The zero-order chi connectivity index (χ0) is 14.5. The summed E-state index contributed by atoms with van der Waals surface area (Å²) >= 11 is 0. The number of likely N-dealkylation sites (N-methyl/N-ethyl adjacent to an activating group) is 1. The van der Waals surface area contributed by atoms with Crippen molar-refractivity contribution >= 4 is 17.3 Å². The van der Waals surface area contributed by atoms with Crippen LogP contribution in [0.25, 0.3) is 0 Å². The number of hydrogen-bond donors (Lipinski definition) is 1. The van der Waals surface area contributed by atoms with Crippen LogP contribution >= 0.6 is 0 Å². The number of methoxy groups -OCH3 is 1. The standard InChI is InChI=1S/C16H18N2O2/c1-18(14-8-6-13(17)7-9-14)16(19)11-12-4-3-5-15(10-12)20-2/h3-10H,11,17H2,1-2H3. The van der Waals surface area contributed by atoms with E-state index in [-0.39, 0.29) is 5.91 Å². The Morgan fingerprint density at radius 1 is 1.20 bits per heavy atom. The fourth-order valence-electron chi connectivity index (χ4n) is 1.92. The molecule has 0 fully saturated rings. The molecule has 0 saturated carbocycles. The first-order valence-electron chi connectivity index (χ1n) is 6.35. The Morgan fingerprint density at radius 2 is 1.90 bits per heavy atom. The van der Waals surface area contributed by atoms with Gasteiger partial charge in [-0.05, 0) is 42.0 Å². The topological polar surface area (TPSA) is 55.6 Å². The molecule has 0 bridgehead atoms. The summed E-state index contributed by atoms with van der Waals surface area (Å²) in [4.78, 5) is 13.9. The molecule has 1 amide bonds. The molecule has 0 atom stereocenters. The Balaban J connectivity index is 2.09. The highest BCUT2D eigenvalue weighted by Crippen LogP contribution is 2.17. The third-order valence-corrected chi connectivity index (χ3v) is 3.14. The first-order chi connectivity index (χ1) is 9.60. The Bertz CT molecular complexity index is 594. The zero-order valence-corrected chi connectivity index (χ0v) is 11.7. The molecule has 2 aromatic carbocycles. The Kier molecular flexibility index (Phi) is 4.25. The lowest BCUT2D eigenvalue weighted by Gasteiger charge is -2.17. The molecule has 0 unspecified atom stereocenters. The molecule has 20 heavy (non-hydrogen) atoms. The average Bonchev–Trinajstić information content (AvgIpc) is 2.47. The van der Waals surface area contributed by atoms with E-state index in [1.807, 2.05) is 36.4 Å². The van der Waals surface area contributed by atoms with Gasteiger partial charge in [-0.15, -0.1) is 0 Å². The molecule has 4 nitrogen and oxygen atoms in total. The van der Waals surface area contributed by atoms with Gasteiger partial charge in [-0.2, -0.15) is 0 Å². The van der Waals surface area contributed by atoms with E-state index >= 15 is 0 Å².